The predicted molar refractivity (Wildman–Crippen MR) is 58.2 cm³/mol. The maximum Gasteiger partial charge on any atom is 2.00 e. The molecule has 0 amide bonds. The van der Waals surface area contributed by atoms with E-state index >= 15 is 0 Å². The van der Waals surface area contributed by atoms with Crippen LogP contribution in [0.25, 0.3) is 0 Å². The molecule has 0 fully saturated rings. The van der Waals surface area contributed by atoms with Crippen LogP contribution in [0, 0.1) is 6.42 Å². The molecule has 0 heterocycles. The predicted octanol–water partition coefficient (Wildman–Crippen LogP) is 0.526. The van der Waals surface area contributed by atoms with Crippen LogP contribution < -0.4 is 24.0 Å². The fourth-order valence-electron chi connectivity index (χ4n) is 0.928. The first-order valence-electron chi connectivity index (χ1n) is 4.51. The standard InChI is InChI=1S/C11H19.HI.Mg/c1-3-5-7-9-11-10-8-6-4-2;;/h3,5,7,11H,1,4,6,8-10H2,2H3;1H;/q-1;;+2/p-1. The Hall–Kier alpha value is 0.976. The van der Waals surface area contributed by atoms with E-state index in [0.29, 0.717) is 0 Å². The molecule has 72 valence electrons. The third kappa shape index (κ3) is 19.4. The Morgan fingerprint density at radius 1 is 1.31 bits per heavy atom. The Labute approximate surface area is 116 Å². The zero-order valence-corrected chi connectivity index (χ0v) is 12.2. The van der Waals surface area contributed by atoms with Gasteiger partial charge in [-0.1, -0.05) is 44.9 Å². The minimum atomic E-state index is 0. The molecule has 0 aliphatic carbocycles. The van der Waals surface area contributed by atoms with Crippen LogP contribution in [0.5, 0.6) is 0 Å². The van der Waals surface area contributed by atoms with E-state index in [1.165, 1.54) is 25.7 Å². The third-order valence-electron chi connectivity index (χ3n) is 1.59. The maximum absolute atomic E-state index is 3.61. The molecule has 2 heteroatoms. The Bertz CT molecular complexity index is 111. The van der Waals surface area contributed by atoms with Crippen LogP contribution in [0.15, 0.2) is 24.8 Å². The van der Waals surface area contributed by atoms with Crippen LogP contribution in [0.1, 0.15) is 39.0 Å². The minimum absolute atomic E-state index is 0. The number of halogens is 1. The Kier molecular flexibility index (Phi) is 28.1. The summed E-state index contributed by atoms with van der Waals surface area (Å²) in [6.07, 6.45) is 14.7. The average molecular weight is 302 g/mol. The van der Waals surface area contributed by atoms with E-state index in [2.05, 4.69) is 26.0 Å². The van der Waals surface area contributed by atoms with Gasteiger partial charge in [0.1, 0.15) is 0 Å². The molecule has 0 aliphatic heterocycles. The van der Waals surface area contributed by atoms with Crippen molar-refractivity contribution >= 4 is 23.1 Å². The topological polar surface area (TPSA) is 0 Å². The Morgan fingerprint density at radius 2 is 2.00 bits per heavy atom. The van der Waals surface area contributed by atoms with Gasteiger partial charge in [-0.25, -0.2) is 0 Å². The molecule has 0 saturated carbocycles. The van der Waals surface area contributed by atoms with Gasteiger partial charge in [0.25, 0.3) is 0 Å². The second-order valence-corrected chi connectivity index (χ2v) is 2.68. The molecule has 0 nitrogen and oxygen atoms in total. The van der Waals surface area contributed by atoms with Crippen molar-refractivity contribution in [3.63, 3.8) is 0 Å². The van der Waals surface area contributed by atoms with Gasteiger partial charge in [0.05, 0.1) is 0 Å². The van der Waals surface area contributed by atoms with Crippen molar-refractivity contribution < 1.29 is 24.0 Å². The molecule has 0 radical (unpaired) electrons. The average Bonchev–Trinajstić information content (AvgIpc) is 2.03. The second kappa shape index (κ2) is 18.7. The van der Waals surface area contributed by atoms with Gasteiger partial charge in [0, 0.05) is 0 Å². The molecule has 0 atom stereocenters. The first-order chi connectivity index (χ1) is 5.41. The summed E-state index contributed by atoms with van der Waals surface area (Å²) in [6, 6.07) is 0. The fourth-order valence-corrected chi connectivity index (χ4v) is 0.928. The monoisotopic (exact) mass is 302 g/mol. The van der Waals surface area contributed by atoms with Gasteiger partial charge in [0.2, 0.25) is 0 Å². The van der Waals surface area contributed by atoms with Gasteiger partial charge in [-0.3, -0.25) is 0 Å². The van der Waals surface area contributed by atoms with Crippen molar-refractivity contribution in [1.29, 1.82) is 0 Å². The molecule has 0 unspecified atom stereocenters. The van der Waals surface area contributed by atoms with Crippen molar-refractivity contribution in [1.82, 2.24) is 0 Å². The van der Waals surface area contributed by atoms with Gasteiger partial charge in [0.15, 0.2) is 0 Å². The summed E-state index contributed by atoms with van der Waals surface area (Å²) >= 11 is 0. The normalized spacial score (nSPS) is 9.00. The van der Waals surface area contributed by atoms with Crippen LogP contribution in [-0.4, -0.2) is 23.1 Å². The number of hydrogen-bond donors (Lipinski definition) is 0. The summed E-state index contributed by atoms with van der Waals surface area (Å²) in [5, 5.41) is 0. The summed E-state index contributed by atoms with van der Waals surface area (Å²) in [7, 11) is 0. The molecule has 0 aliphatic rings. The van der Waals surface area contributed by atoms with E-state index in [1.807, 2.05) is 12.2 Å². The quantitative estimate of drug-likeness (QED) is 0.212. The molecule has 0 aromatic rings. The summed E-state index contributed by atoms with van der Waals surface area (Å²) in [5.41, 5.74) is 0. The fraction of sp³-hybridized carbons (Fsp3) is 0.545. The van der Waals surface area contributed by atoms with Crippen molar-refractivity contribution in [2.45, 2.75) is 39.0 Å². The SMILES string of the molecule is C=CC=CC[CH-]CCCCC.[I-].[Mg+2]. The summed E-state index contributed by atoms with van der Waals surface area (Å²) in [5.74, 6) is 0. The van der Waals surface area contributed by atoms with E-state index in [1.54, 1.807) is 0 Å². The largest absolute Gasteiger partial charge is 2.00 e. The maximum atomic E-state index is 3.61. The second-order valence-electron chi connectivity index (χ2n) is 2.68. The zero-order valence-electron chi connectivity index (χ0n) is 8.64. The molecule has 13 heavy (non-hydrogen) atoms. The van der Waals surface area contributed by atoms with Gasteiger partial charge >= 0.3 is 23.1 Å². The van der Waals surface area contributed by atoms with E-state index < -0.39 is 0 Å². The smallest absolute Gasteiger partial charge is 1.00 e. The summed E-state index contributed by atoms with van der Waals surface area (Å²) < 4.78 is 0. The van der Waals surface area contributed by atoms with E-state index in [-0.39, 0.29) is 47.0 Å². The molecule has 0 bridgehead atoms. The summed E-state index contributed by atoms with van der Waals surface area (Å²) in [6.45, 7) is 5.84. The van der Waals surface area contributed by atoms with Crippen LogP contribution in [0.2, 0.25) is 0 Å². The first-order valence-corrected chi connectivity index (χ1v) is 4.51. The van der Waals surface area contributed by atoms with Crippen molar-refractivity contribution in [2.24, 2.45) is 0 Å². The van der Waals surface area contributed by atoms with Crippen LogP contribution in [-0.2, 0) is 0 Å². The molecule has 0 rings (SSSR count). The van der Waals surface area contributed by atoms with E-state index in [4.69, 9.17) is 0 Å². The van der Waals surface area contributed by atoms with Crippen LogP contribution in [0.3, 0.4) is 0 Å². The van der Waals surface area contributed by atoms with Gasteiger partial charge < -0.3 is 30.4 Å². The van der Waals surface area contributed by atoms with Crippen LogP contribution >= 0.6 is 0 Å². The third-order valence-corrected chi connectivity index (χ3v) is 1.59. The van der Waals surface area contributed by atoms with Crippen LogP contribution in [0.4, 0.5) is 0 Å². The molecule has 0 aromatic heterocycles. The Balaban J connectivity index is -0.000000500. The Morgan fingerprint density at radius 3 is 2.54 bits per heavy atom. The summed E-state index contributed by atoms with van der Waals surface area (Å²) in [4.78, 5) is 0. The van der Waals surface area contributed by atoms with Crippen molar-refractivity contribution in [2.75, 3.05) is 0 Å². The first kappa shape index (κ1) is 19.5. The van der Waals surface area contributed by atoms with E-state index in [9.17, 15) is 0 Å². The zero-order chi connectivity index (χ0) is 8.36. The minimum Gasteiger partial charge on any atom is -1.00 e. The molecular weight excluding hydrogens is 283 g/mol. The number of hydrogen-bond acceptors (Lipinski definition) is 0. The number of allylic oxidation sites excluding steroid dienone is 3. The van der Waals surface area contributed by atoms with Gasteiger partial charge in [-0.05, 0) is 0 Å². The number of rotatable bonds is 7. The molecular formula is C11H19IMg. The van der Waals surface area contributed by atoms with Crippen molar-refractivity contribution in [3.8, 4) is 0 Å². The number of unbranched alkanes of at least 4 members (excludes halogenated alkanes) is 5. The molecule has 0 aromatic carbocycles. The molecule has 0 saturated heterocycles. The molecule has 0 N–H and O–H groups in total. The van der Waals surface area contributed by atoms with Gasteiger partial charge in [-0.2, -0.15) is 12.8 Å². The van der Waals surface area contributed by atoms with Gasteiger partial charge in [-0.15, -0.1) is 6.08 Å². The molecule has 0 spiro atoms. The van der Waals surface area contributed by atoms with Crippen molar-refractivity contribution in [3.05, 3.63) is 31.2 Å². The van der Waals surface area contributed by atoms with E-state index in [0.717, 1.165) is 6.42 Å².